The molecule has 0 saturated heterocycles. The molecule has 4 nitrogen and oxygen atoms in total. The van der Waals surface area contributed by atoms with Crippen molar-refractivity contribution in [2.24, 2.45) is 0 Å². The average molecular weight is 701 g/mol. The highest BCUT2D eigenvalue weighted by atomic mass is 15.1. The first-order valence-electron chi connectivity index (χ1n) is 18.6. The van der Waals surface area contributed by atoms with Gasteiger partial charge in [0.15, 0.2) is 17.5 Å². The molecule has 2 heterocycles. The predicted octanol–water partition coefficient (Wildman–Crippen LogP) is 12.4. The van der Waals surface area contributed by atoms with Gasteiger partial charge in [0.1, 0.15) is 0 Å². The Morgan fingerprint density at radius 1 is 0.291 bits per heavy atom. The van der Waals surface area contributed by atoms with Crippen LogP contribution in [0.2, 0.25) is 0 Å². The summed E-state index contributed by atoms with van der Waals surface area (Å²) in [4.78, 5) is 15.3. The van der Waals surface area contributed by atoms with E-state index in [4.69, 9.17) is 15.0 Å². The summed E-state index contributed by atoms with van der Waals surface area (Å²) >= 11 is 0. The summed E-state index contributed by atoms with van der Waals surface area (Å²) in [5, 5.41) is 4.96. The second-order valence-corrected chi connectivity index (χ2v) is 13.9. The third kappa shape index (κ3) is 4.96. The zero-order valence-corrected chi connectivity index (χ0v) is 29.8. The summed E-state index contributed by atoms with van der Waals surface area (Å²) in [5.74, 6) is 1.90. The Morgan fingerprint density at radius 3 is 1.35 bits per heavy atom. The maximum atomic E-state index is 5.18. The fourth-order valence-electron chi connectivity index (χ4n) is 8.47. The normalized spacial score (nSPS) is 12.3. The van der Waals surface area contributed by atoms with Crippen LogP contribution < -0.4 is 0 Å². The lowest BCUT2D eigenvalue weighted by Crippen LogP contribution is -2.04. The summed E-state index contributed by atoms with van der Waals surface area (Å²) in [7, 11) is 0. The van der Waals surface area contributed by atoms with Crippen LogP contribution in [0.25, 0.3) is 83.6 Å². The molecule has 0 N–H and O–H groups in total. The van der Waals surface area contributed by atoms with Crippen LogP contribution in [-0.2, 0) is 0 Å². The van der Waals surface area contributed by atoms with E-state index in [9.17, 15) is 0 Å². The number of rotatable bonds is 6. The van der Waals surface area contributed by atoms with Crippen molar-refractivity contribution in [3.63, 3.8) is 0 Å². The lowest BCUT2D eigenvalue weighted by molar-refractivity contribution is 1.06. The summed E-state index contributed by atoms with van der Waals surface area (Å²) in [6.45, 7) is 0. The molecule has 8 aromatic carbocycles. The van der Waals surface area contributed by atoms with Crippen molar-refractivity contribution in [3.05, 3.63) is 216 Å². The number of hydrogen-bond donors (Lipinski definition) is 0. The minimum Gasteiger partial charge on any atom is -0.308 e. The first kappa shape index (κ1) is 31.1. The summed E-state index contributed by atoms with van der Waals surface area (Å²) in [5.41, 5.74) is 13.4. The van der Waals surface area contributed by atoms with Crippen LogP contribution in [0.1, 0.15) is 22.3 Å². The maximum Gasteiger partial charge on any atom is 0.166 e. The van der Waals surface area contributed by atoms with Crippen molar-refractivity contribution in [2.45, 2.75) is 0 Å². The standard InChI is InChI=1S/C51H32N4/c1-5-17-33(18-6-1)44-39-27-15-25-35-31-32-43-48(46(35)39)47-40(45(44)34-19-7-2-8-20-34)28-16-30-42(47)55(43)41-29-14-13-26-38(41)51-53-49(36-21-9-3-10-22-36)52-50(54-51)37-23-11-4-12-24-37/h1-32H. The number of hydrogen-bond acceptors (Lipinski definition) is 3. The van der Waals surface area contributed by atoms with Gasteiger partial charge in [0.2, 0.25) is 0 Å². The molecular weight excluding hydrogens is 669 g/mol. The number of aromatic nitrogens is 4. The van der Waals surface area contributed by atoms with Gasteiger partial charge in [-0.25, -0.2) is 15.0 Å². The highest BCUT2D eigenvalue weighted by Gasteiger charge is 2.28. The number of benzene rings is 8. The van der Waals surface area contributed by atoms with Gasteiger partial charge in [-0.2, -0.15) is 0 Å². The van der Waals surface area contributed by atoms with E-state index in [0.29, 0.717) is 17.5 Å². The van der Waals surface area contributed by atoms with E-state index in [1.807, 2.05) is 36.4 Å². The van der Waals surface area contributed by atoms with Gasteiger partial charge >= 0.3 is 0 Å². The maximum absolute atomic E-state index is 5.18. The quantitative estimate of drug-likeness (QED) is 0.173. The lowest BCUT2D eigenvalue weighted by Gasteiger charge is -2.19. The molecule has 4 heteroatoms. The molecule has 0 spiro atoms. The number of nitrogens with zero attached hydrogens (tertiary/aromatic N) is 4. The van der Waals surface area contributed by atoms with Crippen molar-refractivity contribution in [3.8, 4) is 39.9 Å². The Bertz CT molecular complexity index is 3050. The van der Waals surface area contributed by atoms with Crippen molar-refractivity contribution in [1.29, 1.82) is 0 Å². The molecule has 0 saturated carbocycles. The monoisotopic (exact) mass is 700 g/mol. The molecule has 0 aliphatic heterocycles. The van der Waals surface area contributed by atoms with Crippen LogP contribution in [0.3, 0.4) is 0 Å². The molecule has 0 fully saturated rings. The third-order valence-corrected chi connectivity index (χ3v) is 10.8. The Balaban J connectivity index is 1.25. The average Bonchev–Trinajstić information content (AvgIpc) is 3.54. The minimum absolute atomic E-state index is 0.624. The summed E-state index contributed by atoms with van der Waals surface area (Å²) in [6, 6.07) is 68.7. The molecule has 55 heavy (non-hydrogen) atoms. The highest BCUT2D eigenvalue weighted by molar-refractivity contribution is 6.31. The van der Waals surface area contributed by atoms with E-state index in [-0.39, 0.29) is 0 Å². The van der Waals surface area contributed by atoms with Crippen molar-refractivity contribution < 1.29 is 0 Å². The Morgan fingerprint density at radius 2 is 0.745 bits per heavy atom. The second-order valence-electron chi connectivity index (χ2n) is 13.9. The van der Waals surface area contributed by atoms with Crippen LogP contribution in [0.4, 0.5) is 0 Å². The molecule has 2 aromatic heterocycles. The van der Waals surface area contributed by atoms with Gasteiger partial charge in [0, 0.05) is 27.5 Å². The molecule has 0 radical (unpaired) electrons. The van der Waals surface area contributed by atoms with Gasteiger partial charge in [-0.3, -0.25) is 0 Å². The molecule has 10 aromatic rings. The molecule has 0 bridgehead atoms. The first-order chi connectivity index (χ1) is 27.3. The van der Waals surface area contributed by atoms with Crippen LogP contribution in [0, 0.1) is 0 Å². The van der Waals surface area contributed by atoms with Gasteiger partial charge in [0.25, 0.3) is 0 Å². The zero-order valence-electron chi connectivity index (χ0n) is 29.8. The molecule has 1 aliphatic carbocycles. The van der Waals surface area contributed by atoms with E-state index in [0.717, 1.165) is 33.4 Å². The fourth-order valence-corrected chi connectivity index (χ4v) is 8.47. The summed E-state index contributed by atoms with van der Waals surface area (Å²) in [6.07, 6.45) is 0. The van der Waals surface area contributed by atoms with E-state index in [2.05, 4.69) is 162 Å². The Labute approximate surface area is 318 Å². The van der Waals surface area contributed by atoms with E-state index in [1.54, 1.807) is 0 Å². The van der Waals surface area contributed by atoms with Crippen molar-refractivity contribution in [1.82, 2.24) is 19.5 Å². The molecule has 0 unspecified atom stereocenters. The van der Waals surface area contributed by atoms with E-state index < -0.39 is 0 Å². The first-order valence-corrected chi connectivity index (χ1v) is 18.6. The topological polar surface area (TPSA) is 43.6 Å². The highest BCUT2D eigenvalue weighted by Crippen LogP contribution is 2.50. The minimum atomic E-state index is 0.624. The lowest BCUT2D eigenvalue weighted by atomic mass is 9.85. The van der Waals surface area contributed by atoms with Gasteiger partial charge < -0.3 is 4.57 Å². The van der Waals surface area contributed by atoms with Crippen LogP contribution in [0.15, 0.2) is 194 Å². The fraction of sp³-hybridized carbons (Fsp3) is 0. The summed E-state index contributed by atoms with van der Waals surface area (Å²) < 4.78 is 2.42. The molecule has 11 rings (SSSR count). The molecule has 0 atom stereocenters. The predicted molar refractivity (Wildman–Crippen MR) is 226 cm³/mol. The largest absolute Gasteiger partial charge is 0.308 e. The SMILES string of the molecule is c1ccc(C2=C(c3ccccc3)c3cccc4c3c3c5c2cccc5ccc3n4-c2ccccc2-c2nc(-c3ccccc3)nc(-c3ccccc3)n2)cc1. The van der Waals surface area contributed by atoms with E-state index >= 15 is 0 Å². The van der Waals surface area contributed by atoms with Crippen molar-refractivity contribution in [2.75, 3.05) is 0 Å². The van der Waals surface area contributed by atoms with Gasteiger partial charge in [-0.1, -0.05) is 170 Å². The number of para-hydroxylation sites is 1. The molecule has 256 valence electrons. The van der Waals surface area contributed by atoms with E-state index in [1.165, 1.54) is 54.9 Å². The second kappa shape index (κ2) is 12.6. The Kier molecular flexibility index (Phi) is 7.14. The molecular formula is C51H32N4. The van der Waals surface area contributed by atoms with Crippen LogP contribution in [-0.4, -0.2) is 19.5 Å². The Hall–Kier alpha value is -7.43. The third-order valence-electron chi connectivity index (χ3n) is 10.8. The van der Waals surface area contributed by atoms with Crippen LogP contribution >= 0.6 is 0 Å². The van der Waals surface area contributed by atoms with Gasteiger partial charge in [-0.05, 0) is 68.4 Å². The molecule has 1 aliphatic rings. The van der Waals surface area contributed by atoms with Crippen molar-refractivity contribution >= 4 is 43.7 Å². The zero-order chi connectivity index (χ0) is 36.3. The molecule has 0 amide bonds. The van der Waals surface area contributed by atoms with Gasteiger partial charge in [-0.15, -0.1) is 0 Å². The smallest absolute Gasteiger partial charge is 0.166 e. The van der Waals surface area contributed by atoms with Crippen LogP contribution in [0.5, 0.6) is 0 Å². The van der Waals surface area contributed by atoms with Gasteiger partial charge in [0.05, 0.1) is 16.7 Å².